The second-order valence-electron chi connectivity index (χ2n) is 4.35. The summed E-state index contributed by atoms with van der Waals surface area (Å²) >= 11 is 0. The van der Waals surface area contributed by atoms with E-state index in [-0.39, 0.29) is 12.2 Å². The maximum absolute atomic E-state index is 11.9. The summed E-state index contributed by atoms with van der Waals surface area (Å²) < 4.78 is 10.2. The summed E-state index contributed by atoms with van der Waals surface area (Å²) in [4.78, 5) is 23.4. The predicted molar refractivity (Wildman–Crippen MR) is 71.0 cm³/mol. The molecule has 0 bridgehead atoms. The molecule has 0 saturated carbocycles. The van der Waals surface area contributed by atoms with Crippen LogP contribution in [0.3, 0.4) is 0 Å². The first kappa shape index (κ1) is 13.3. The first-order chi connectivity index (χ1) is 9.20. The molecular weight excluding hydrogens is 244 g/mol. The Morgan fingerprint density at radius 3 is 2.89 bits per heavy atom. The highest BCUT2D eigenvalue weighted by Gasteiger charge is 2.13. The summed E-state index contributed by atoms with van der Waals surface area (Å²) in [6.45, 7) is 2.39. The van der Waals surface area contributed by atoms with Crippen molar-refractivity contribution >= 4 is 22.7 Å². The average Bonchev–Trinajstić information content (AvgIpc) is 2.86. The Morgan fingerprint density at radius 2 is 2.11 bits per heavy atom. The second kappa shape index (κ2) is 6.18. The first-order valence-electron chi connectivity index (χ1n) is 6.37. The Kier molecular flexibility index (Phi) is 4.34. The van der Waals surface area contributed by atoms with Crippen molar-refractivity contribution in [2.24, 2.45) is 0 Å². The summed E-state index contributed by atoms with van der Waals surface area (Å²) in [6, 6.07) is 6.97. The van der Waals surface area contributed by atoms with Gasteiger partial charge < -0.3 is 9.15 Å². The van der Waals surface area contributed by atoms with Crippen LogP contribution in [0.5, 0.6) is 0 Å². The van der Waals surface area contributed by atoms with Gasteiger partial charge in [-0.1, -0.05) is 25.5 Å². The number of carbonyl (C=O) groups excluding carboxylic acids is 2. The maximum Gasteiger partial charge on any atom is 0.313 e. The molecule has 0 N–H and O–H groups in total. The number of hydrogen-bond acceptors (Lipinski definition) is 4. The van der Waals surface area contributed by atoms with E-state index in [0.717, 1.165) is 18.2 Å². The van der Waals surface area contributed by atoms with Gasteiger partial charge in [0.2, 0.25) is 0 Å². The van der Waals surface area contributed by atoms with Crippen molar-refractivity contribution in [2.45, 2.75) is 26.2 Å². The van der Waals surface area contributed by atoms with Gasteiger partial charge in [0.1, 0.15) is 12.0 Å². The molecule has 1 aromatic heterocycles. The van der Waals surface area contributed by atoms with Crippen LogP contribution in [0.1, 0.15) is 36.5 Å². The third kappa shape index (κ3) is 3.44. The van der Waals surface area contributed by atoms with E-state index in [1.807, 2.05) is 13.0 Å². The lowest BCUT2D eigenvalue weighted by atomic mass is 10.1. The first-order valence-corrected chi connectivity index (χ1v) is 6.37. The highest BCUT2D eigenvalue weighted by molar-refractivity contribution is 6.07. The molecule has 0 fully saturated rings. The van der Waals surface area contributed by atoms with Crippen LogP contribution in [-0.4, -0.2) is 18.4 Å². The summed E-state index contributed by atoms with van der Waals surface area (Å²) in [5.41, 5.74) is 1.11. The Hall–Kier alpha value is -2.10. The largest absolute Gasteiger partial charge is 0.465 e. The van der Waals surface area contributed by atoms with Crippen molar-refractivity contribution in [3.05, 3.63) is 36.1 Å². The molecule has 4 nitrogen and oxygen atoms in total. The standard InChI is InChI=1S/C15H16O4/c1-2-3-7-19-15(17)10-13(16)12-5-4-11-6-8-18-14(11)9-12/h4-6,8-9H,2-3,7,10H2,1H3. The third-order valence-electron chi connectivity index (χ3n) is 2.84. The van der Waals surface area contributed by atoms with Crippen molar-refractivity contribution in [3.63, 3.8) is 0 Å². The molecule has 1 aromatic carbocycles. The topological polar surface area (TPSA) is 56.5 Å². The molecule has 0 spiro atoms. The molecule has 0 unspecified atom stereocenters. The van der Waals surface area contributed by atoms with Gasteiger partial charge in [-0.2, -0.15) is 0 Å². The highest BCUT2D eigenvalue weighted by atomic mass is 16.5. The number of unbranched alkanes of at least 4 members (excludes halogenated alkanes) is 1. The van der Waals surface area contributed by atoms with E-state index >= 15 is 0 Å². The number of Topliss-reactive ketones (excluding diaryl/α,β-unsaturated/α-hetero) is 1. The van der Waals surface area contributed by atoms with Crippen LogP contribution < -0.4 is 0 Å². The SMILES string of the molecule is CCCCOC(=O)CC(=O)c1ccc2ccoc2c1. The molecular formula is C15H16O4. The van der Waals surface area contributed by atoms with E-state index in [0.29, 0.717) is 17.8 Å². The van der Waals surface area contributed by atoms with Crippen LogP contribution in [0, 0.1) is 0 Å². The summed E-state index contributed by atoms with van der Waals surface area (Å²) in [7, 11) is 0. The Morgan fingerprint density at radius 1 is 1.26 bits per heavy atom. The van der Waals surface area contributed by atoms with Crippen LogP contribution in [-0.2, 0) is 9.53 Å². The van der Waals surface area contributed by atoms with E-state index < -0.39 is 5.97 Å². The lowest BCUT2D eigenvalue weighted by molar-refractivity contribution is -0.142. The number of benzene rings is 1. The normalized spacial score (nSPS) is 10.6. The fourth-order valence-electron chi connectivity index (χ4n) is 1.74. The number of fused-ring (bicyclic) bond motifs is 1. The van der Waals surface area contributed by atoms with Crippen LogP contribution >= 0.6 is 0 Å². The molecule has 0 aliphatic carbocycles. The number of esters is 1. The zero-order valence-electron chi connectivity index (χ0n) is 10.8. The van der Waals surface area contributed by atoms with Gasteiger partial charge in [0, 0.05) is 10.9 Å². The Labute approximate surface area is 111 Å². The van der Waals surface area contributed by atoms with Gasteiger partial charge >= 0.3 is 5.97 Å². The van der Waals surface area contributed by atoms with Crippen molar-refractivity contribution in [2.75, 3.05) is 6.61 Å². The summed E-state index contributed by atoms with van der Waals surface area (Å²) in [5, 5.41) is 0.932. The molecule has 0 aliphatic heterocycles. The van der Waals surface area contributed by atoms with Crippen molar-refractivity contribution in [1.82, 2.24) is 0 Å². The zero-order valence-corrected chi connectivity index (χ0v) is 10.8. The maximum atomic E-state index is 11.9. The monoisotopic (exact) mass is 260 g/mol. The molecule has 2 aromatic rings. The summed E-state index contributed by atoms with van der Waals surface area (Å²) in [6.07, 6.45) is 3.11. The van der Waals surface area contributed by atoms with Gasteiger partial charge in [-0.3, -0.25) is 9.59 Å². The Bertz CT molecular complexity index is 583. The lowest BCUT2D eigenvalue weighted by Crippen LogP contribution is -2.12. The molecule has 19 heavy (non-hydrogen) atoms. The molecule has 0 aliphatic rings. The molecule has 0 radical (unpaired) electrons. The van der Waals surface area contributed by atoms with Crippen LogP contribution in [0.4, 0.5) is 0 Å². The van der Waals surface area contributed by atoms with Gasteiger partial charge in [-0.25, -0.2) is 0 Å². The second-order valence-corrected chi connectivity index (χ2v) is 4.35. The minimum Gasteiger partial charge on any atom is -0.465 e. The lowest BCUT2D eigenvalue weighted by Gasteiger charge is -2.03. The van der Waals surface area contributed by atoms with E-state index in [1.165, 1.54) is 0 Å². The number of rotatable bonds is 6. The molecule has 1 heterocycles. The predicted octanol–water partition coefficient (Wildman–Crippen LogP) is 3.35. The molecule has 4 heteroatoms. The minimum absolute atomic E-state index is 0.226. The fraction of sp³-hybridized carbons (Fsp3) is 0.333. The molecule has 100 valence electrons. The van der Waals surface area contributed by atoms with Crippen molar-refractivity contribution in [1.29, 1.82) is 0 Å². The summed E-state index contributed by atoms with van der Waals surface area (Å²) in [5.74, 6) is -0.724. The minimum atomic E-state index is -0.474. The number of furan rings is 1. The molecule has 0 atom stereocenters. The smallest absolute Gasteiger partial charge is 0.313 e. The number of ketones is 1. The van der Waals surface area contributed by atoms with Gasteiger partial charge in [-0.05, 0) is 18.6 Å². The third-order valence-corrected chi connectivity index (χ3v) is 2.84. The van der Waals surface area contributed by atoms with E-state index in [1.54, 1.807) is 24.5 Å². The highest BCUT2D eigenvalue weighted by Crippen LogP contribution is 2.18. The van der Waals surface area contributed by atoms with Crippen molar-refractivity contribution < 1.29 is 18.7 Å². The number of ether oxygens (including phenoxy) is 1. The van der Waals surface area contributed by atoms with Gasteiger partial charge in [0.05, 0.1) is 12.9 Å². The van der Waals surface area contributed by atoms with Crippen LogP contribution in [0.25, 0.3) is 11.0 Å². The molecule has 0 saturated heterocycles. The van der Waals surface area contributed by atoms with Gasteiger partial charge in [0.15, 0.2) is 5.78 Å². The van der Waals surface area contributed by atoms with E-state index in [2.05, 4.69) is 0 Å². The van der Waals surface area contributed by atoms with Crippen LogP contribution in [0.2, 0.25) is 0 Å². The van der Waals surface area contributed by atoms with Gasteiger partial charge in [-0.15, -0.1) is 0 Å². The van der Waals surface area contributed by atoms with Crippen LogP contribution in [0.15, 0.2) is 34.9 Å². The van der Waals surface area contributed by atoms with E-state index in [9.17, 15) is 9.59 Å². The Balaban J connectivity index is 1.97. The number of hydrogen-bond donors (Lipinski definition) is 0. The van der Waals surface area contributed by atoms with Gasteiger partial charge in [0.25, 0.3) is 0 Å². The van der Waals surface area contributed by atoms with Crippen molar-refractivity contribution in [3.8, 4) is 0 Å². The fourth-order valence-corrected chi connectivity index (χ4v) is 1.74. The quantitative estimate of drug-likeness (QED) is 0.346. The zero-order chi connectivity index (χ0) is 13.7. The number of carbonyl (C=O) groups is 2. The average molecular weight is 260 g/mol. The molecule has 2 rings (SSSR count). The molecule has 0 amide bonds. The van der Waals surface area contributed by atoms with E-state index in [4.69, 9.17) is 9.15 Å².